The monoisotopic (exact) mass is 183 g/mol. The lowest BCUT2D eigenvalue weighted by molar-refractivity contribution is 0.350. The maximum atomic E-state index is 12.9. The van der Waals surface area contributed by atoms with Gasteiger partial charge < -0.3 is 10.8 Å². The van der Waals surface area contributed by atoms with Crippen LogP contribution in [0.2, 0.25) is 0 Å². The first-order chi connectivity index (χ1) is 6.15. The first-order valence-electron chi connectivity index (χ1n) is 3.49. The van der Waals surface area contributed by atoms with E-state index in [0.29, 0.717) is 0 Å². The molecule has 1 aromatic rings. The summed E-state index contributed by atoms with van der Waals surface area (Å²) < 4.78 is 25.7. The molecule has 0 radical (unpaired) electrons. The minimum Gasteiger partial charge on any atom is -0.396 e. The Labute approximate surface area is 74.0 Å². The Morgan fingerprint density at radius 1 is 1.31 bits per heavy atom. The largest absolute Gasteiger partial charge is 0.396 e. The van der Waals surface area contributed by atoms with Crippen LogP contribution in [0.15, 0.2) is 12.1 Å². The molecule has 0 bridgehead atoms. The van der Waals surface area contributed by atoms with Gasteiger partial charge in [-0.1, -0.05) is 11.8 Å². The minimum atomic E-state index is -0.719. The average molecular weight is 183 g/mol. The number of aliphatic hydroxyl groups excluding tert-OH is 1. The van der Waals surface area contributed by atoms with Gasteiger partial charge >= 0.3 is 0 Å². The van der Waals surface area contributed by atoms with Crippen LogP contribution >= 0.6 is 0 Å². The maximum Gasteiger partial charge on any atom is 0.147 e. The van der Waals surface area contributed by atoms with Gasteiger partial charge in [-0.25, -0.2) is 8.78 Å². The summed E-state index contributed by atoms with van der Waals surface area (Å²) in [5.74, 6) is 3.06. The number of halogens is 2. The molecule has 68 valence electrons. The zero-order valence-corrected chi connectivity index (χ0v) is 6.64. The third-order valence-electron chi connectivity index (χ3n) is 1.39. The fourth-order valence-electron chi connectivity index (χ4n) is 0.793. The maximum absolute atomic E-state index is 12.9. The molecule has 2 nitrogen and oxygen atoms in total. The van der Waals surface area contributed by atoms with Crippen LogP contribution in [0.3, 0.4) is 0 Å². The average Bonchev–Trinajstić information content (AvgIpc) is 2.09. The van der Waals surface area contributed by atoms with Crippen molar-refractivity contribution in [1.29, 1.82) is 0 Å². The van der Waals surface area contributed by atoms with Crippen LogP contribution in [-0.2, 0) is 0 Å². The molecule has 0 aliphatic rings. The van der Waals surface area contributed by atoms with Crippen molar-refractivity contribution >= 4 is 5.69 Å². The molecule has 0 spiro atoms. The predicted octanol–water partition coefficient (Wildman–Crippen LogP) is 0.891. The van der Waals surface area contributed by atoms with Crippen LogP contribution in [0.25, 0.3) is 0 Å². The van der Waals surface area contributed by atoms with E-state index in [1.807, 2.05) is 0 Å². The second-order valence-electron chi connectivity index (χ2n) is 2.31. The first kappa shape index (κ1) is 9.49. The molecule has 0 saturated carbocycles. The molecule has 0 atom stereocenters. The van der Waals surface area contributed by atoms with Gasteiger partial charge in [-0.05, 0) is 6.07 Å². The standard InChI is InChI=1S/C9H7F2NO/c10-7-5-9(12)8(11)4-6(7)2-1-3-13/h4-5,13H,3,12H2. The van der Waals surface area contributed by atoms with Gasteiger partial charge in [0.15, 0.2) is 0 Å². The van der Waals surface area contributed by atoms with Crippen molar-refractivity contribution in [3.63, 3.8) is 0 Å². The highest BCUT2D eigenvalue weighted by molar-refractivity contribution is 5.47. The summed E-state index contributed by atoms with van der Waals surface area (Å²) in [6.45, 7) is -0.397. The highest BCUT2D eigenvalue weighted by Crippen LogP contribution is 2.15. The lowest BCUT2D eigenvalue weighted by Crippen LogP contribution is -1.94. The van der Waals surface area contributed by atoms with Crippen molar-refractivity contribution in [3.8, 4) is 11.8 Å². The van der Waals surface area contributed by atoms with Gasteiger partial charge in [0.1, 0.15) is 18.2 Å². The number of hydrogen-bond acceptors (Lipinski definition) is 2. The lowest BCUT2D eigenvalue weighted by Gasteiger charge is -1.98. The van der Waals surface area contributed by atoms with Gasteiger partial charge in [-0.15, -0.1) is 0 Å². The summed E-state index contributed by atoms with van der Waals surface area (Å²) in [5, 5.41) is 8.33. The van der Waals surface area contributed by atoms with Crippen molar-refractivity contribution in [2.75, 3.05) is 12.3 Å². The number of anilines is 1. The highest BCUT2D eigenvalue weighted by atomic mass is 19.1. The quantitative estimate of drug-likeness (QED) is 0.463. The molecule has 0 aliphatic heterocycles. The Balaban J connectivity index is 3.16. The van der Waals surface area contributed by atoms with E-state index in [0.717, 1.165) is 12.1 Å². The molecule has 0 amide bonds. The number of hydrogen-bond donors (Lipinski definition) is 2. The zero-order valence-electron chi connectivity index (χ0n) is 6.64. The lowest BCUT2D eigenvalue weighted by atomic mass is 10.2. The third kappa shape index (κ3) is 2.17. The normalized spacial score (nSPS) is 9.15. The summed E-state index contributed by atoms with van der Waals surface area (Å²) >= 11 is 0. The van der Waals surface area contributed by atoms with Crippen LogP contribution in [0.5, 0.6) is 0 Å². The molecule has 0 heterocycles. The molecule has 0 saturated heterocycles. The Morgan fingerprint density at radius 2 is 2.00 bits per heavy atom. The van der Waals surface area contributed by atoms with E-state index in [4.69, 9.17) is 10.8 Å². The number of nitrogen functional groups attached to an aromatic ring is 1. The van der Waals surface area contributed by atoms with Crippen molar-refractivity contribution in [3.05, 3.63) is 29.3 Å². The van der Waals surface area contributed by atoms with Crippen LogP contribution in [-0.4, -0.2) is 11.7 Å². The molecule has 13 heavy (non-hydrogen) atoms. The van der Waals surface area contributed by atoms with Crippen molar-refractivity contribution in [2.45, 2.75) is 0 Å². The summed E-state index contributed by atoms with van der Waals surface area (Å²) in [6.07, 6.45) is 0. The molecule has 0 aliphatic carbocycles. The van der Waals surface area contributed by atoms with E-state index >= 15 is 0 Å². The second-order valence-corrected chi connectivity index (χ2v) is 2.31. The zero-order chi connectivity index (χ0) is 9.84. The Hall–Kier alpha value is -1.60. The van der Waals surface area contributed by atoms with E-state index in [9.17, 15) is 8.78 Å². The molecule has 0 fully saturated rings. The molecule has 1 rings (SSSR count). The third-order valence-corrected chi connectivity index (χ3v) is 1.39. The molecule has 0 aromatic heterocycles. The number of rotatable bonds is 0. The van der Waals surface area contributed by atoms with Gasteiger partial charge in [0.2, 0.25) is 0 Å². The van der Waals surface area contributed by atoms with Crippen LogP contribution in [0.4, 0.5) is 14.5 Å². The molecule has 4 heteroatoms. The van der Waals surface area contributed by atoms with Gasteiger partial charge in [0.25, 0.3) is 0 Å². The van der Waals surface area contributed by atoms with Gasteiger partial charge in [0, 0.05) is 6.07 Å². The molecule has 1 aromatic carbocycles. The fourth-order valence-corrected chi connectivity index (χ4v) is 0.793. The Morgan fingerprint density at radius 3 is 2.62 bits per heavy atom. The van der Waals surface area contributed by atoms with Crippen molar-refractivity contribution < 1.29 is 13.9 Å². The SMILES string of the molecule is Nc1cc(F)c(C#CCO)cc1F. The number of nitrogens with two attached hydrogens (primary N) is 1. The van der Waals surface area contributed by atoms with Gasteiger partial charge in [0.05, 0.1) is 11.3 Å². The topological polar surface area (TPSA) is 46.2 Å². The van der Waals surface area contributed by atoms with E-state index in [1.165, 1.54) is 0 Å². The summed E-state index contributed by atoms with van der Waals surface area (Å²) in [6, 6.07) is 1.75. The van der Waals surface area contributed by atoms with Gasteiger partial charge in [-0.3, -0.25) is 0 Å². The molecule has 0 unspecified atom stereocenters. The van der Waals surface area contributed by atoms with Crippen LogP contribution in [0.1, 0.15) is 5.56 Å². The van der Waals surface area contributed by atoms with Crippen LogP contribution in [0, 0.1) is 23.5 Å². The molecular formula is C9H7F2NO. The Bertz CT molecular complexity index is 379. The van der Waals surface area contributed by atoms with E-state index < -0.39 is 18.2 Å². The van der Waals surface area contributed by atoms with Crippen molar-refractivity contribution in [2.24, 2.45) is 0 Å². The number of benzene rings is 1. The highest BCUT2D eigenvalue weighted by Gasteiger charge is 2.04. The van der Waals surface area contributed by atoms with Crippen LogP contribution < -0.4 is 5.73 Å². The van der Waals surface area contributed by atoms with Crippen molar-refractivity contribution in [1.82, 2.24) is 0 Å². The summed E-state index contributed by atoms with van der Waals surface area (Å²) in [7, 11) is 0. The molecule has 3 N–H and O–H groups in total. The Kier molecular flexibility index (Phi) is 2.83. The smallest absolute Gasteiger partial charge is 0.147 e. The summed E-state index contributed by atoms with van der Waals surface area (Å²) in [5.41, 5.74) is 4.74. The van der Waals surface area contributed by atoms with E-state index in [1.54, 1.807) is 0 Å². The van der Waals surface area contributed by atoms with E-state index in [2.05, 4.69) is 11.8 Å². The molecular weight excluding hydrogens is 176 g/mol. The fraction of sp³-hybridized carbons (Fsp3) is 0.111. The minimum absolute atomic E-state index is 0.110. The first-order valence-corrected chi connectivity index (χ1v) is 3.49. The van der Waals surface area contributed by atoms with E-state index in [-0.39, 0.29) is 11.3 Å². The second kappa shape index (κ2) is 3.87. The predicted molar refractivity (Wildman–Crippen MR) is 44.7 cm³/mol. The van der Waals surface area contributed by atoms with Gasteiger partial charge in [-0.2, -0.15) is 0 Å². The summed E-state index contributed by atoms with van der Waals surface area (Å²) in [4.78, 5) is 0. The number of aliphatic hydroxyl groups is 1.